The molecule has 5 nitrogen and oxygen atoms in total. The number of aryl methyl sites for hydroxylation is 1. The summed E-state index contributed by atoms with van der Waals surface area (Å²) in [6.07, 6.45) is 9.16. The van der Waals surface area contributed by atoms with Gasteiger partial charge in [0.1, 0.15) is 0 Å². The van der Waals surface area contributed by atoms with Crippen molar-refractivity contribution in [3.63, 3.8) is 0 Å². The first-order valence-electron chi connectivity index (χ1n) is 7.53. The lowest BCUT2D eigenvalue weighted by Crippen LogP contribution is -2.36. The average molecular weight is 288 g/mol. The van der Waals surface area contributed by atoms with Gasteiger partial charge in [-0.3, -0.25) is 4.79 Å². The third-order valence-electron chi connectivity index (χ3n) is 3.77. The first-order valence-corrected chi connectivity index (χ1v) is 7.53. The fourth-order valence-electron chi connectivity index (χ4n) is 2.50. The molecule has 5 heteroatoms. The number of nitrogens with zero attached hydrogens (tertiary/aromatic N) is 4. The number of anilines is 1. The Morgan fingerprint density at radius 3 is 2.86 bits per heavy atom. The summed E-state index contributed by atoms with van der Waals surface area (Å²) < 4.78 is 0. The second-order valence-electron chi connectivity index (χ2n) is 5.66. The van der Waals surface area contributed by atoms with Crippen molar-refractivity contribution >= 4 is 11.9 Å². The number of unbranched alkanes of at least 4 members (excludes halogenated alkanes) is 1. The van der Waals surface area contributed by atoms with Crippen LogP contribution < -0.4 is 4.90 Å². The lowest BCUT2D eigenvalue weighted by molar-refractivity contribution is 0.0742. The van der Waals surface area contributed by atoms with Crippen LogP contribution in [-0.2, 0) is 0 Å². The highest BCUT2D eigenvalue weighted by molar-refractivity contribution is 5.95. The molecule has 1 aliphatic rings. The van der Waals surface area contributed by atoms with E-state index in [-0.39, 0.29) is 11.9 Å². The molecule has 0 radical (unpaired) electrons. The molecule has 0 aromatic carbocycles. The molecular weight excluding hydrogens is 264 g/mol. The monoisotopic (exact) mass is 288 g/mol. The highest BCUT2D eigenvalue weighted by atomic mass is 16.2. The molecule has 114 valence electrons. The molecule has 1 aromatic heterocycles. The Morgan fingerprint density at radius 2 is 2.24 bits per heavy atom. The van der Waals surface area contributed by atoms with Crippen LogP contribution in [0.1, 0.15) is 42.2 Å². The van der Waals surface area contributed by atoms with E-state index in [1.807, 2.05) is 30.8 Å². The van der Waals surface area contributed by atoms with Gasteiger partial charge in [-0.05, 0) is 13.3 Å². The van der Waals surface area contributed by atoms with Crippen molar-refractivity contribution in [2.45, 2.75) is 39.2 Å². The maximum atomic E-state index is 12.7. The number of hydrogen-bond donors (Lipinski definition) is 0. The molecule has 0 saturated heterocycles. The molecule has 1 amide bonds. The first-order chi connectivity index (χ1) is 10.0. The molecule has 1 aliphatic heterocycles. The summed E-state index contributed by atoms with van der Waals surface area (Å²) in [6.45, 7) is 4.72. The van der Waals surface area contributed by atoms with Crippen molar-refractivity contribution < 1.29 is 4.79 Å². The van der Waals surface area contributed by atoms with Crippen molar-refractivity contribution in [1.82, 2.24) is 14.9 Å². The molecule has 0 N–H and O–H groups in total. The van der Waals surface area contributed by atoms with E-state index in [4.69, 9.17) is 0 Å². The summed E-state index contributed by atoms with van der Waals surface area (Å²) in [7, 11) is 3.78. The predicted octanol–water partition coefficient (Wildman–Crippen LogP) is 2.42. The Bertz CT molecular complexity index is 539. The van der Waals surface area contributed by atoms with E-state index in [1.54, 1.807) is 6.20 Å². The standard InChI is InChI=1S/C16H24N4O/c1-5-6-8-13-9-7-10-20(13)15(21)14-11-17-16(19(3)4)18-12(14)2/h7,9,11,13H,5-6,8,10H2,1-4H3/t13-/m1/s1. The second-order valence-corrected chi connectivity index (χ2v) is 5.66. The molecule has 21 heavy (non-hydrogen) atoms. The van der Waals surface area contributed by atoms with Crippen LogP contribution >= 0.6 is 0 Å². The van der Waals surface area contributed by atoms with E-state index in [2.05, 4.69) is 29.0 Å². The van der Waals surface area contributed by atoms with E-state index in [9.17, 15) is 4.79 Å². The van der Waals surface area contributed by atoms with Crippen LogP contribution in [0, 0.1) is 6.92 Å². The lowest BCUT2D eigenvalue weighted by atomic mass is 10.1. The number of carbonyl (C=O) groups excluding carboxylic acids is 1. The molecule has 0 fully saturated rings. The molecular formula is C16H24N4O. The second kappa shape index (κ2) is 6.70. The van der Waals surface area contributed by atoms with Crippen molar-refractivity contribution in [3.8, 4) is 0 Å². The minimum Gasteiger partial charge on any atom is -0.347 e. The van der Waals surface area contributed by atoms with Crippen LogP contribution in [0.2, 0.25) is 0 Å². The maximum absolute atomic E-state index is 12.7. The fourth-order valence-corrected chi connectivity index (χ4v) is 2.50. The topological polar surface area (TPSA) is 49.3 Å². The van der Waals surface area contributed by atoms with Crippen LogP contribution in [-0.4, -0.2) is 47.5 Å². The Hall–Kier alpha value is -1.91. The summed E-state index contributed by atoms with van der Waals surface area (Å²) in [5.41, 5.74) is 1.34. The third-order valence-corrected chi connectivity index (χ3v) is 3.77. The zero-order valence-electron chi connectivity index (χ0n) is 13.3. The SMILES string of the molecule is CCCC[C@@H]1C=CCN1C(=O)c1cnc(N(C)C)nc1C. The minimum atomic E-state index is 0.0314. The Balaban J connectivity index is 2.16. The number of hydrogen-bond acceptors (Lipinski definition) is 4. The van der Waals surface area contributed by atoms with Crippen LogP contribution in [0.15, 0.2) is 18.3 Å². The van der Waals surface area contributed by atoms with E-state index in [0.29, 0.717) is 18.1 Å². The van der Waals surface area contributed by atoms with Gasteiger partial charge < -0.3 is 9.80 Å². The smallest absolute Gasteiger partial charge is 0.258 e. The summed E-state index contributed by atoms with van der Waals surface area (Å²) >= 11 is 0. The molecule has 0 saturated carbocycles. The molecule has 2 heterocycles. The van der Waals surface area contributed by atoms with E-state index in [0.717, 1.165) is 25.0 Å². The zero-order chi connectivity index (χ0) is 15.4. The van der Waals surface area contributed by atoms with Gasteiger partial charge >= 0.3 is 0 Å². The molecule has 2 rings (SSSR count). The minimum absolute atomic E-state index is 0.0314. The third kappa shape index (κ3) is 3.40. The van der Waals surface area contributed by atoms with E-state index in [1.165, 1.54) is 0 Å². The predicted molar refractivity (Wildman–Crippen MR) is 84.6 cm³/mol. The molecule has 0 unspecified atom stereocenters. The number of amides is 1. The number of carbonyl (C=O) groups is 1. The van der Waals surface area contributed by atoms with Gasteiger partial charge in [0.25, 0.3) is 5.91 Å². The quantitative estimate of drug-likeness (QED) is 0.781. The normalized spacial score (nSPS) is 17.3. The largest absolute Gasteiger partial charge is 0.347 e. The van der Waals surface area contributed by atoms with Crippen molar-refractivity contribution in [3.05, 3.63) is 29.6 Å². The van der Waals surface area contributed by atoms with Gasteiger partial charge in [0, 0.05) is 26.8 Å². The van der Waals surface area contributed by atoms with Crippen LogP contribution in [0.25, 0.3) is 0 Å². The number of aromatic nitrogens is 2. The average Bonchev–Trinajstić information content (AvgIpc) is 2.92. The fraction of sp³-hybridized carbons (Fsp3) is 0.562. The number of rotatable bonds is 5. The summed E-state index contributed by atoms with van der Waals surface area (Å²) in [4.78, 5) is 25.1. The van der Waals surface area contributed by atoms with Gasteiger partial charge in [0.05, 0.1) is 17.3 Å². The summed E-state index contributed by atoms with van der Waals surface area (Å²) in [6, 6.07) is 0.213. The van der Waals surface area contributed by atoms with Crippen LogP contribution in [0.4, 0.5) is 5.95 Å². The van der Waals surface area contributed by atoms with Gasteiger partial charge in [-0.2, -0.15) is 0 Å². The highest BCUT2D eigenvalue weighted by Crippen LogP contribution is 2.20. The van der Waals surface area contributed by atoms with Gasteiger partial charge in [0.2, 0.25) is 5.95 Å². The van der Waals surface area contributed by atoms with Crippen molar-refractivity contribution in [1.29, 1.82) is 0 Å². The Morgan fingerprint density at radius 1 is 1.48 bits per heavy atom. The maximum Gasteiger partial charge on any atom is 0.258 e. The molecule has 0 spiro atoms. The van der Waals surface area contributed by atoms with E-state index >= 15 is 0 Å². The Kier molecular flexibility index (Phi) is 4.94. The van der Waals surface area contributed by atoms with Gasteiger partial charge in [-0.15, -0.1) is 0 Å². The summed E-state index contributed by atoms with van der Waals surface area (Å²) in [5, 5.41) is 0. The van der Waals surface area contributed by atoms with Crippen LogP contribution in [0.5, 0.6) is 0 Å². The van der Waals surface area contributed by atoms with Gasteiger partial charge in [-0.1, -0.05) is 31.9 Å². The van der Waals surface area contributed by atoms with Crippen molar-refractivity contribution in [2.24, 2.45) is 0 Å². The van der Waals surface area contributed by atoms with Gasteiger partial charge in [0.15, 0.2) is 0 Å². The first kappa shape index (κ1) is 15.5. The Labute approximate surface area is 126 Å². The molecule has 1 atom stereocenters. The van der Waals surface area contributed by atoms with E-state index < -0.39 is 0 Å². The lowest BCUT2D eigenvalue weighted by Gasteiger charge is -2.25. The molecule has 1 aromatic rings. The molecule has 0 aliphatic carbocycles. The molecule has 0 bridgehead atoms. The summed E-state index contributed by atoms with van der Waals surface area (Å²) in [5.74, 6) is 0.662. The van der Waals surface area contributed by atoms with Crippen LogP contribution in [0.3, 0.4) is 0 Å². The zero-order valence-corrected chi connectivity index (χ0v) is 13.3. The van der Waals surface area contributed by atoms with Gasteiger partial charge in [-0.25, -0.2) is 9.97 Å². The highest BCUT2D eigenvalue weighted by Gasteiger charge is 2.26. The van der Waals surface area contributed by atoms with Crippen molar-refractivity contribution in [2.75, 3.05) is 25.5 Å².